The summed E-state index contributed by atoms with van der Waals surface area (Å²) in [7, 11) is 5.40. The third-order valence-corrected chi connectivity index (χ3v) is 11.0. The van der Waals surface area contributed by atoms with E-state index in [1.54, 1.807) is 21.1 Å². The van der Waals surface area contributed by atoms with Crippen LogP contribution in [0.1, 0.15) is 200 Å². The van der Waals surface area contributed by atoms with Crippen LogP contribution in [0, 0.1) is 0 Å². The van der Waals surface area contributed by atoms with Crippen molar-refractivity contribution >= 4 is 17.9 Å². The number of carbonyl (C=O) groups excluding carboxylic acids is 3. The van der Waals surface area contributed by atoms with E-state index in [4.69, 9.17) is 14.2 Å². The predicted octanol–water partition coefficient (Wildman–Crippen LogP) is 13.5. The van der Waals surface area contributed by atoms with E-state index in [0.29, 0.717) is 12.8 Å². The van der Waals surface area contributed by atoms with E-state index in [2.05, 4.69) is 98.9 Å². The summed E-state index contributed by atoms with van der Waals surface area (Å²) < 4.78 is 17.2. The Balaban J connectivity index is 4.33. The van der Waals surface area contributed by atoms with E-state index in [0.717, 1.165) is 103 Å². The highest BCUT2D eigenvalue weighted by molar-refractivity contribution is 5.70. The van der Waals surface area contributed by atoms with Gasteiger partial charge in [0.05, 0.1) is 40.3 Å². The lowest BCUT2D eigenvalue weighted by atomic mass is 10.1. The van der Waals surface area contributed by atoms with Gasteiger partial charge < -0.3 is 28.6 Å². The van der Waals surface area contributed by atoms with Gasteiger partial charge in [-0.05, 0) is 83.5 Å². The van der Waals surface area contributed by atoms with Crippen molar-refractivity contribution in [2.24, 2.45) is 0 Å². The molecule has 0 radical (unpaired) electrons. The normalized spacial score (nSPS) is 13.6. The molecule has 2 unspecified atom stereocenters. The fourth-order valence-corrected chi connectivity index (χ4v) is 7.09. The number of quaternary nitrogens is 1. The zero-order valence-corrected chi connectivity index (χ0v) is 41.7. The molecule has 0 N–H and O–H groups in total. The van der Waals surface area contributed by atoms with Crippen LogP contribution in [-0.4, -0.2) is 75.5 Å². The zero-order chi connectivity index (χ0) is 47.0. The minimum atomic E-state index is -1.13. The second kappa shape index (κ2) is 46.1. The summed E-state index contributed by atoms with van der Waals surface area (Å²) >= 11 is 0. The van der Waals surface area contributed by atoms with Gasteiger partial charge in [0, 0.05) is 19.3 Å². The Labute approximate surface area is 393 Å². The van der Waals surface area contributed by atoms with Gasteiger partial charge in [0.25, 0.3) is 0 Å². The first kappa shape index (κ1) is 60.5. The number of hydrogen-bond donors (Lipinski definition) is 0. The molecule has 0 saturated heterocycles. The molecule has 0 aromatic carbocycles. The van der Waals surface area contributed by atoms with Crippen LogP contribution in [-0.2, 0) is 28.6 Å². The standard InChI is InChI=1S/C56H95NO7/c1-6-8-10-12-14-16-18-20-22-24-26-27-28-29-31-33-35-37-39-41-43-45-47-55(59)64-52(50-62-49-48-53(56(60)61)57(3,4)5)51-63-54(58)46-44-42-40-38-36-34-32-30-25-23-21-19-17-15-13-11-9-7-2/h8,10,14,16,20,22-23,25-27,29-32,52-53H,6-7,9,11-13,15,17-19,21,24,28,33-51H2,1-5H3/b10-8+,16-14+,22-20+,25-23+,27-26+,31-29+,32-30+. The number of carboxylic acids is 1. The number of ether oxygens (including phenoxy) is 3. The number of unbranched alkanes of at least 4 members (excludes halogenated alkanes) is 18. The van der Waals surface area contributed by atoms with Crippen molar-refractivity contribution in [2.75, 3.05) is 41.0 Å². The van der Waals surface area contributed by atoms with Gasteiger partial charge in [0.15, 0.2) is 6.10 Å². The molecule has 0 aromatic heterocycles. The van der Waals surface area contributed by atoms with Crippen molar-refractivity contribution in [1.29, 1.82) is 0 Å². The molecule has 2 atom stereocenters. The maximum atomic E-state index is 12.8. The Bertz CT molecular complexity index is 1320. The molecule has 0 heterocycles. The van der Waals surface area contributed by atoms with Crippen LogP contribution in [0.3, 0.4) is 0 Å². The lowest BCUT2D eigenvalue weighted by Crippen LogP contribution is -2.55. The smallest absolute Gasteiger partial charge is 0.306 e. The van der Waals surface area contributed by atoms with Crippen molar-refractivity contribution in [3.05, 3.63) is 85.1 Å². The molecule has 64 heavy (non-hydrogen) atoms. The maximum Gasteiger partial charge on any atom is 0.306 e. The molecule has 0 spiro atoms. The Kier molecular flexibility index (Phi) is 43.5. The SMILES string of the molecule is CC/C=C/C/C=C/C/C=C/C/C=C/C/C=C/CCCCCCCCC(=O)OC(COCCC(C(=O)[O-])[N+](C)(C)C)COC(=O)CCCCCCC/C=C/C=C/CCCCCCCCC. The van der Waals surface area contributed by atoms with Crippen molar-refractivity contribution in [1.82, 2.24) is 0 Å². The number of hydrogen-bond acceptors (Lipinski definition) is 7. The number of carbonyl (C=O) groups is 3. The number of carboxylic acid groups (broad SMARTS) is 1. The van der Waals surface area contributed by atoms with Gasteiger partial charge in [-0.3, -0.25) is 9.59 Å². The van der Waals surface area contributed by atoms with Gasteiger partial charge >= 0.3 is 11.9 Å². The van der Waals surface area contributed by atoms with Crippen LogP contribution in [0.2, 0.25) is 0 Å². The topological polar surface area (TPSA) is 102 Å². The van der Waals surface area contributed by atoms with E-state index >= 15 is 0 Å². The molecule has 8 heteroatoms. The number of nitrogens with zero attached hydrogens (tertiary/aromatic N) is 1. The van der Waals surface area contributed by atoms with Crippen molar-refractivity contribution in [3.63, 3.8) is 0 Å². The highest BCUT2D eigenvalue weighted by atomic mass is 16.6. The van der Waals surface area contributed by atoms with Gasteiger partial charge in [-0.15, -0.1) is 0 Å². The Hall–Kier alpha value is -3.49. The third-order valence-electron chi connectivity index (χ3n) is 11.0. The molecule has 0 aromatic rings. The fraction of sp³-hybridized carbons (Fsp3) is 0.696. The van der Waals surface area contributed by atoms with Gasteiger partial charge in [0.1, 0.15) is 12.6 Å². The van der Waals surface area contributed by atoms with Crippen LogP contribution >= 0.6 is 0 Å². The van der Waals surface area contributed by atoms with E-state index in [1.165, 1.54) is 64.2 Å². The second-order valence-corrected chi connectivity index (χ2v) is 18.1. The summed E-state index contributed by atoms with van der Waals surface area (Å²) in [5.74, 6) is -1.78. The van der Waals surface area contributed by atoms with Gasteiger partial charge in [-0.2, -0.15) is 0 Å². The van der Waals surface area contributed by atoms with Crippen molar-refractivity contribution in [3.8, 4) is 0 Å². The number of rotatable bonds is 45. The van der Waals surface area contributed by atoms with E-state index in [-0.39, 0.29) is 42.7 Å². The van der Waals surface area contributed by atoms with Gasteiger partial charge in [-0.1, -0.05) is 182 Å². The van der Waals surface area contributed by atoms with Crippen LogP contribution in [0.4, 0.5) is 0 Å². The Morgan fingerprint density at radius 1 is 0.500 bits per heavy atom. The minimum Gasteiger partial charge on any atom is -0.544 e. The molecule has 0 aliphatic carbocycles. The number of esters is 2. The first-order chi connectivity index (χ1) is 31.1. The zero-order valence-electron chi connectivity index (χ0n) is 41.7. The summed E-state index contributed by atoms with van der Waals surface area (Å²) in [6.45, 7) is 4.51. The van der Waals surface area contributed by atoms with Crippen LogP contribution in [0.25, 0.3) is 0 Å². The first-order valence-corrected chi connectivity index (χ1v) is 25.6. The predicted molar refractivity (Wildman–Crippen MR) is 268 cm³/mol. The van der Waals surface area contributed by atoms with Gasteiger partial charge in [0.2, 0.25) is 0 Å². The highest BCUT2D eigenvalue weighted by Gasteiger charge is 2.25. The molecule has 366 valence electrons. The lowest BCUT2D eigenvalue weighted by molar-refractivity contribution is -0.889. The summed E-state index contributed by atoms with van der Waals surface area (Å²) in [5.41, 5.74) is 0. The van der Waals surface area contributed by atoms with Crippen molar-refractivity contribution in [2.45, 2.75) is 212 Å². The molecule has 0 aliphatic rings. The first-order valence-electron chi connectivity index (χ1n) is 25.6. The second-order valence-electron chi connectivity index (χ2n) is 18.1. The summed E-state index contributed by atoms with van der Waals surface area (Å²) in [5, 5.41) is 11.7. The fourth-order valence-electron chi connectivity index (χ4n) is 7.09. The van der Waals surface area contributed by atoms with Crippen LogP contribution in [0.15, 0.2) is 85.1 Å². The molecule has 0 aliphatic heterocycles. The van der Waals surface area contributed by atoms with Crippen LogP contribution in [0.5, 0.6) is 0 Å². The average Bonchev–Trinajstić information content (AvgIpc) is 3.26. The molecular formula is C56H95NO7. The number of likely N-dealkylation sites (N-methyl/N-ethyl adjacent to an activating group) is 1. The summed E-state index contributed by atoms with van der Waals surface area (Å²) in [6.07, 6.45) is 60.4. The molecule has 8 nitrogen and oxygen atoms in total. The Morgan fingerprint density at radius 2 is 0.922 bits per heavy atom. The molecule has 0 rings (SSSR count). The van der Waals surface area contributed by atoms with Gasteiger partial charge in [-0.25, -0.2) is 0 Å². The monoisotopic (exact) mass is 894 g/mol. The number of allylic oxidation sites excluding steroid dienone is 14. The highest BCUT2D eigenvalue weighted by Crippen LogP contribution is 2.14. The summed E-state index contributed by atoms with van der Waals surface area (Å²) in [6, 6.07) is -0.736. The van der Waals surface area contributed by atoms with E-state index in [9.17, 15) is 19.5 Å². The van der Waals surface area contributed by atoms with E-state index < -0.39 is 18.1 Å². The lowest BCUT2D eigenvalue weighted by Gasteiger charge is -2.34. The molecule has 0 fully saturated rings. The summed E-state index contributed by atoms with van der Waals surface area (Å²) in [4.78, 5) is 37.0. The molecular weight excluding hydrogens is 799 g/mol. The van der Waals surface area contributed by atoms with Crippen LogP contribution < -0.4 is 5.11 Å². The Morgan fingerprint density at radius 3 is 1.39 bits per heavy atom. The molecule has 0 saturated carbocycles. The van der Waals surface area contributed by atoms with E-state index in [1.807, 2.05) is 0 Å². The third kappa shape index (κ3) is 43.7. The quantitative estimate of drug-likeness (QED) is 0.0197. The average molecular weight is 894 g/mol. The van der Waals surface area contributed by atoms with Crippen molar-refractivity contribution < 1.29 is 38.2 Å². The molecule has 0 bridgehead atoms. The maximum absolute atomic E-state index is 12.8. The largest absolute Gasteiger partial charge is 0.544 e. The minimum absolute atomic E-state index is 0.0250. The number of aliphatic carboxylic acids is 1. The molecule has 0 amide bonds.